The number of rotatable bonds is 13. The molecule has 2 amide bonds. The Kier molecular flexibility index (Phi) is 10.4. The number of carbonyl (C=O) groups is 4. The number of ether oxygens (including phenoxy) is 1. The van der Waals surface area contributed by atoms with Crippen LogP contribution in [0, 0.1) is 5.41 Å². The van der Waals surface area contributed by atoms with Crippen LogP contribution >= 0.6 is 0 Å². The molecule has 1 saturated carbocycles. The van der Waals surface area contributed by atoms with E-state index in [1.165, 1.54) is 25.3 Å². The van der Waals surface area contributed by atoms with Crippen molar-refractivity contribution in [2.24, 2.45) is 5.41 Å². The maximum absolute atomic E-state index is 13.4. The maximum atomic E-state index is 13.4. The Bertz CT molecular complexity index is 2270. The molecule has 5 aromatic rings. The number of likely N-dealkylation sites (N-methyl/N-ethyl adjacent to an activating group) is 2. The summed E-state index contributed by atoms with van der Waals surface area (Å²) in [5.74, 6) is 1.13. The molecule has 3 aromatic carbocycles. The first-order valence-corrected chi connectivity index (χ1v) is 19.5. The van der Waals surface area contributed by atoms with Crippen molar-refractivity contribution in [3.8, 4) is 22.8 Å². The Morgan fingerprint density at radius 2 is 1.70 bits per heavy atom. The van der Waals surface area contributed by atoms with Crippen molar-refractivity contribution in [3.63, 3.8) is 0 Å². The highest BCUT2D eigenvalue weighted by atomic mass is 16.5. The second-order valence-electron chi connectivity index (χ2n) is 15.6. The van der Waals surface area contributed by atoms with Crippen molar-refractivity contribution in [1.29, 1.82) is 0 Å². The number of nitrogens with two attached hydrogens (primary N) is 1. The van der Waals surface area contributed by atoms with E-state index < -0.39 is 11.9 Å². The van der Waals surface area contributed by atoms with E-state index in [2.05, 4.69) is 29.8 Å². The Balaban J connectivity index is 0.871. The topological polar surface area (TPSA) is 169 Å². The van der Waals surface area contributed by atoms with Gasteiger partial charge in [0.1, 0.15) is 41.7 Å². The fourth-order valence-corrected chi connectivity index (χ4v) is 8.77. The van der Waals surface area contributed by atoms with Crippen LogP contribution in [-0.4, -0.2) is 106 Å². The molecule has 2 saturated heterocycles. The van der Waals surface area contributed by atoms with Crippen LogP contribution in [0.25, 0.3) is 22.3 Å². The number of hydrogen-bond donors (Lipinski definition) is 2. The number of nitrogens with one attached hydrogen (secondary N) is 1. The lowest BCUT2D eigenvalue weighted by Crippen LogP contribution is -2.69. The lowest BCUT2D eigenvalue weighted by atomic mass is 9.66. The van der Waals surface area contributed by atoms with Crippen LogP contribution in [0.15, 0.2) is 79.1 Å². The number of nitrogen functional groups attached to an aromatic ring is 1. The monoisotopic (exact) mass is 769 g/mol. The second-order valence-corrected chi connectivity index (χ2v) is 15.6. The molecule has 0 bridgehead atoms. The molecule has 294 valence electrons. The molecule has 8 rings (SSSR count). The van der Waals surface area contributed by atoms with Crippen molar-refractivity contribution < 1.29 is 23.9 Å². The molecular formula is C43H47N9O5. The van der Waals surface area contributed by atoms with Gasteiger partial charge in [-0.1, -0.05) is 18.2 Å². The van der Waals surface area contributed by atoms with E-state index in [0.717, 1.165) is 97.6 Å². The number of aromatic nitrogens is 4. The summed E-state index contributed by atoms with van der Waals surface area (Å²) < 4.78 is 8.08. The van der Waals surface area contributed by atoms with Gasteiger partial charge >= 0.3 is 0 Å². The smallest absolute Gasteiger partial charge is 0.255 e. The third kappa shape index (κ3) is 7.32. The van der Waals surface area contributed by atoms with Gasteiger partial charge in [0.05, 0.1) is 17.0 Å². The van der Waals surface area contributed by atoms with Gasteiger partial charge in [-0.25, -0.2) is 14.6 Å². The van der Waals surface area contributed by atoms with Gasteiger partial charge in [-0.15, -0.1) is 0 Å². The minimum Gasteiger partial charge on any atom is -0.457 e. The molecule has 1 spiro atoms. The number of anilines is 2. The largest absolute Gasteiger partial charge is 0.457 e. The van der Waals surface area contributed by atoms with E-state index in [4.69, 9.17) is 15.6 Å². The molecule has 3 fully saturated rings. The van der Waals surface area contributed by atoms with Crippen LogP contribution < -0.4 is 20.7 Å². The van der Waals surface area contributed by atoms with Crippen LogP contribution in [0.4, 0.5) is 11.5 Å². The first kappa shape index (κ1) is 37.8. The molecular weight excluding hydrogens is 723 g/mol. The minimum absolute atomic E-state index is 0.142. The van der Waals surface area contributed by atoms with Crippen molar-refractivity contribution in [3.05, 3.63) is 90.3 Å². The number of fused-ring (bicyclic) bond motifs is 1. The number of likely N-dealkylation sites (tertiary alicyclic amines) is 1. The maximum Gasteiger partial charge on any atom is 0.255 e. The third-order valence-electron chi connectivity index (χ3n) is 12.1. The van der Waals surface area contributed by atoms with Crippen LogP contribution in [0.2, 0.25) is 0 Å². The molecule has 1 atom stereocenters. The van der Waals surface area contributed by atoms with Crippen molar-refractivity contribution in [2.45, 2.75) is 56.7 Å². The summed E-state index contributed by atoms with van der Waals surface area (Å²) in [6.07, 6.45) is 7.49. The highest BCUT2D eigenvalue weighted by Gasteiger charge is 2.49. The van der Waals surface area contributed by atoms with Gasteiger partial charge in [0.2, 0.25) is 5.91 Å². The Labute approximate surface area is 331 Å². The van der Waals surface area contributed by atoms with Crippen LogP contribution in [-0.2, 0) is 9.59 Å². The number of benzene rings is 3. The number of amides is 2. The molecule has 2 aromatic heterocycles. The average molecular weight is 770 g/mol. The molecule has 1 aliphatic carbocycles. The fraction of sp³-hybridized carbons (Fsp3) is 0.372. The average Bonchev–Trinajstić information content (AvgIpc) is 3.61. The molecule has 1 unspecified atom stereocenters. The zero-order valence-electron chi connectivity index (χ0n) is 32.2. The van der Waals surface area contributed by atoms with Gasteiger partial charge in [0, 0.05) is 69.6 Å². The lowest BCUT2D eigenvalue weighted by molar-refractivity contribution is -0.125. The summed E-state index contributed by atoms with van der Waals surface area (Å²) in [6.45, 7) is 3.81. The molecule has 14 heteroatoms. The van der Waals surface area contributed by atoms with Crippen LogP contribution in [0.5, 0.6) is 11.5 Å². The highest BCUT2D eigenvalue weighted by Crippen LogP contribution is 2.49. The van der Waals surface area contributed by atoms with Crippen molar-refractivity contribution in [1.82, 2.24) is 34.9 Å². The minimum atomic E-state index is -0.819. The summed E-state index contributed by atoms with van der Waals surface area (Å²) in [5, 5.41) is 8.45. The molecule has 0 radical (unpaired) electrons. The zero-order chi connectivity index (χ0) is 39.7. The molecule has 3 N–H and O–H groups in total. The molecule has 3 aliphatic rings. The normalized spacial score (nSPS) is 17.4. The molecule has 2 aliphatic heterocycles. The number of nitrogens with zero attached hydrogens (tertiary/aromatic N) is 7. The third-order valence-corrected chi connectivity index (χ3v) is 12.1. The molecule has 57 heavy (non-hydrogen) atoms. The predicted molar refractivity (Wildman–Crippen MR) is 216 cm³/mol. The number of carbonyl (C=O) groups excluding carboxylic acids is 4. The Hall–Kier alpha value is -6.15. The van der Waals surface area contributed by atoms with E-state index in [1.54, 1.807) is 12.1 Å². The Morgan fingerprint density at radius 3 is 2.39 bits per heavy atom. The van der Waals surface area contributed by atoms with E-state index in [-0.39, 0.29) is 35.9 Å². The van der Waals surface area contributed by atoms with Gasteiger partial charge in [-0.05, 0) is 92.1 Å². The van der Waals surface area contributed by atoms with Gasteiger partial charge in [-0.2, -0.15) is 5.10 Å². The van der Waals surface area contributed by atoms with Gasteiger partial charge in [-0.3, -0.25) is 19.3 Å². The first-order valence-electron chi connectivity index (χ1n) is 19.5. The highest BCUT2D eigenvalue weighted by molar-refractivity contribution is 6.04. The first-order chi connectivity index (χ1) is 27.7. The van der Waals surface area contributed by atoms with Crippen molar-refractivity contribution in [2.75, 3.05) is 50.9 Å². The van der Waals surface area contributed by atoms with E-state index in [0.29, 0.717) is 23.6 Å². The number of para-hydroxylation sites is 1. The predicted octanol–water partition coefficient (Wildman–Crippen LogP) is 5.15. The molecule has 4 heterocycles. The number of aldehydes is 2. The lowest BCUT2D eigenvalue weighted by Gasteiger charge is -2.59. The molecule has 14 nitrogen and oxygen atoms in total. The second kappa shape index (κ2) is 15.8. The summed E-state index contributed by atoms with van der Waals surface area (Å²) in [7, 11) is 3.01. The summed E-state index contributed by atoms with van der Waals surface area (Å²) in [5.41, 5.74) is 10.6. The summed E-state index contributed by atoms with van der Waals surface area (Å²) in [4.78, 5) is 64.0. The van der Waals surface area contributed by atoms with E-state index in [1.807, 2.05) is 60.7 Å². The van der Waals surface area contributed by atoms with Gasteiger partial charge in [0.25, 0.3) is 5.91 Å². The van der Waals surface area contributed by atoms with E-state index >= 15 is 0 Å². The number of hydrogen-bond acceptors (Lipinski definition) is 11. The zero-order valence-corrected chi connectivity index (χ0v) is 32.2. The summed E-state index contributed by atoms with van der Waals surface area (Å²) >= 11 is 0. The van der Waals surface area contributed by atoms with Crippen molar-refractivity contribution >= 4 is 46.9 Å². The fourth-order valence-electron chi connectivity index (χ4n) is 8.77. The van der Waals surface area contributed by atoms with Crippen LogP contribution in [0.1, 0.15) is 65.3 Å². The Morgan fingerprint density at radius 1 is 0.982 bits per heavy atom. The van der Waals surface area contributed by atoms with Gasteiger partial charge < -0.3 is 30.4 Å². The SMILES string of the molecule is CNC(=O)C(CCC=O)N(C)C(=O)c1ccc(N2CC(N3CC4(CCC(n5nc(-c6ccc(Oc7ccccc7)cc6)c6c(N)ncnc65)CC4)C3)C2)cc1C=O. The van der Waals surface area contributed by atoms with E-state index in [9.17, 15) is 19.2 Å². The quantitative estimate of drug-likeness (QED) is 0.152. The van der Waals surface area contributed by atoms with Gasteiger partial charge in [0.15, 0.2) is 11.9 Å². The summed E-state index contributed by atoms with van der Waals surface area (Å²) in [6, 6.07) is 22.7. The van der Waals surface area contributed by atoms with Crippen LogP contribution in [0.3, 0.4) is 0 Å². The standard InChI is InChI=1S/C43H47N9O5/c1-45-41(55)36(9-6-20-53)49(2)42(56)35-15-12-31(21-29(35)24-54)50-22-32(23-50)51-25-43(26-51)18-16-30(17-19-43)52-40-37(39(44)46-27-47-40)38(48-52)28-10-13-34(14-11-28)57-33-7-4-3-5-8-33/h3-5,7-8,10-15,20-21,24,27,30,32,36H,6,9,16-19,22-23,25-26H2,1-2H3,(H,45,55)(H2,44,46,47).